The van der Waals surface area contributed by atoms with E-state index in [2.05, 4.69) is 36.1 Å². The van der Waals surface area contributed by atoms with E-state index in [4.69, 9.17) is 14.6 Å². The van der Waals surface area contributed by atoms with Gasteiger partial charge in [-0.15, -0.1) is 0 Å². The molecule has 0 bridgehead atoms. The molecule has 162 valence electrons. The highest BCUT2D eigenvalue weighted by molar-refractivity contribution is 5.67. The van der Waals surface area contributed by atoms with E-state index >= 15 is 0 Å². The molecule has 0 fully saturated rings. The summed E-state index contributed by atoms with van der Waals surface area (Å²) in [7, 11) is 0. The van der Waals surface area contributed by atoms with Crippen LogP contribution in [-0.2, 0) is 24.1 Å². The van der Waals surface area contributed by atoms with Crippen LogP contribution in [0.15, 0.2) is 29.0 Å². The maximum atomic E-state index is 10.8. The summed E-state index contributed by atoms with van der Waals surface area (Å²) in [5.41, 5.74) is 8.10. The van der Waals surface area contributed by atoms with E-state index in [0.29, 0.717) is 18.1 Å². The summed E-state index contributed by atoms with van der Waals surface area (Å²) in [6.45, 7) is 8.69. The lowest BCUT2D eigenvalue weighted by Crippen LogP contribution is -2.22. The van der Waals surface area contributed by atoms with Crippen molar-refractivity contribution >= 4 is 5.97 Å². The Morgan fingerprint density at radius 2 is 1.94 bits per heavy atom. The number of carboxylic acid groups (broad SMARTS) is 1. The summed E-state index contributed by atoms with van der Waals surface area (Å²) < 4.78 is 5.66. The van der Waals surface area contributed by atoms with Gasteiger partial charge in [-0.05, 0) is 91.3 Å². The highest BCUT2D eigenvalue weighted by atomic mass is 16.5. The lowest BCUT2D eigenvalue weighted by atomic mass is 9.74. The summed E-state index contributed by atoms with van der Waals surface area (Å²) in [6, 6.07) is 4.11. The number of carboxylic acids is 1. The number of pyridine rings is 1. The van der Waals surface area contributed by atoms with Gasteiger partial charge in [0.05, 0.1) is 5.56 Å². The van der Waals surface area contributed by atoms with E-state index in [-0.39, 0.29) is 11.8 Å². The second-order valence-corrected chi connectivity index (χ2v) is 9.42. The maximum absolute atomic E-state index is 10.8. The molecule has 1 aliphatic rings. The van der Waals surface area contributed by atoms with E-state index in [1.54, 1.807) is 0 Å². The Kier molecular flexibility index (Phi) is 5.65. The third-order valence-corrected chi connectivity index (χ3v) is 6.30. The normalized spacial score (nSPS) is 15.0. The SMILES string of the molecule is Cc1cc(-c2noc(-c3cncc4c3CCC(C)(C)C4)n2)cc(C)c1CCCC(=O)O. The first kappa shape index (κ1) is 21.2. The number of aliphatic carboxylic acids is 1. The van der Waals surface area contributed by atoms with Crippen molar-refractivity contribution in [2.45, 2.75) is 66.2 Å². The van der Waals surface area contributed by atoms with E-state index in [9.17, 15) is 4.79 Å². The van der Waals surface area contributed by atoms with Gasteiger partial charge in [0.1, 0.15) is 0 Å². The number of hydrogen-bond donors (Lipinski definition) is 1. The number of fused-ring (bicyclic) bond motifs is 1. The number of benzene rings is 1. The molecule has 0 atom stereocenters. The molecule has 4 rings (SSSR count). The molecule has 0 saturated heterocycles. The fourth-order valence-corrected chi connectivity index (χ4v) is 4.61. The molecule has 0 amide bonds. The summed E-state index contributed by atoms with van der Waals surface area (Å²) in [6.07, 6.45) is 8.48. The van der Waals surface area contributed by atoms with Crippen molar-refractivity contribution in [3.8, 4) is 22.8 Å². The lowest BCUT2D eigenvalue weighted by Gasteiger charge is -2.31. The fourth-order valence-electron chi connectivity index (χ4n) is 4.61. The smallest absolute Gasteiger partial charge is 0.303 e. The Morgan fingerprint density at radius 3 is 2.65 bits per heavy atom. The van der Waals surface area contributed by atoms with Crippen LogP contribution < -0.4 is 0 Å². The Balaban J connectivity index is 1.61. The largest absolute Gasteiger partial charge is 0.481 e. The zero-order valence-electron chi connectivity index (χ0n) is 18.7. The summed E-state index contributed by atoms with van der Waals surface area (Å²) in [5.74, 6) is 0.319. The van der Waals surface area contributed by atoms with Gasteiger partial charge < -0.3 is 9.63 Å². The van der Waals surface area contributed by atoms with Crippen LogP contribution in [0.5, 0.6) is 0 Å². The van der Waals surface area contributed by atoms with Crippen molar-refractivity contribution < 1.29 is 14.4 Å². The summed E-state index contributed by atoms with van der Waals surface area (Å²) in [4.78, 5) is 19.9. The molecule has 2 heterocycles. The predicted octanol–water partition coefficient (Wildman–Crippen LogP) is 5.34. The van der Waals surface area contributed by atoms with Crippen LogP contribution in [0.4, 0.5) is 0 Å². The molecule has 2 aromatic heterocycles. The van der Waals surface area contributed by atoms with Gasteiger partial charge in [-0.25, -0.2) is 0 Å². The lowest BCUT2D eigenvalue weighted by molar-refractivity contribution is -0.137. The molecule has 0 unspecified atom stereocenters. The van der Waals surface area contributed by atoms with Gasteiger partial charge in [-0.2, -0.15) is 4.98 Å². The summed E-state index contributed by atoms with van der Waals surface area (Å²) >= 11 is 0. The Labute approximate surface area is 182 Å². The minimum atomic E-state index is -0.757. The topological polar surface area (TPSA) is 89.1 Å². The van der Waals surface area contributed by atoms with Crippen LogP contribution >= 0.6 is 0 Å². The Bertz CT molecular complexity index is 1110. The third-order valence-electron chi connectivity index (χ3n) is 6.30. The first-order chi connectivity index (χ1) is 14.7. The average molecular weight is 420 g/mol. The molecular weight excluding hydrogens is 390 g/mol. The predicted molar refractivity (Wildman–Crippen MR) is 119 cm³/mol. The van der Waals surface area contributed by atoms with Gasteiger partial charge in [0.2, 0.25) is 5.82 Å². The van der Waals surface area contributed by atoms with Gasteiger partial charge in [0.15, 0.2) is 0 Å². The van der Waals surface area contributed by atoms with E-state index in [1.165, 1.54) is 16.7 Å². The van der Waals surface area contributed by atoms with Crippen LogP contribution in [0.25, 0.3) is 22.8 Å². The minimum absolute atomic E-state index is 0.182. The number of rotatable bonds is 6. The van der Waals surface area contributed by atoms with Gasteiger partial charge in [0, 0.05) is 24.4 Å². The Morgan fingerprint density at radius 1 is 1.19 bits per heavy atom. The molecule has 1 aliphatic carbocycles. The first-order valence-corrected chi connectivity index (χ1v) is 10.9. The maximum Gasteiger partial charge on any atom is 0.303 e. The van der Waals surface area contributed by atoms with Crippen LogP contribution in [-0.4, -0.2) is 26.2 Å². The molecule has 6 heteroatoms. The standard InChI is InChI=1S/C25H29N3O3/c1-15-10-17(11-16(2)19(15)6-5-7-22(29)30)23-27-24(31-28-23)21-14-26-13-18-12-25(3,4)9-8-20(18)21/h10-11,13-14H,5-9,12H2,1-4H3,(H,29,30). The molecule has 1 aromatic carbocycles. The minimum Gasteiger partial charge on any atom is -0.481 e. The monoisotopic (exact) mass is 419 g/mol. The Hall–Kier alpha value is -3.02. The van der Waals surface area contributed by atoms with E-state index < -0.39 is 5.97 Å². The highest BCUT2D eigenvalue weighted by Crippen LogP contribution is 2.38. The van der Waals surface area contributed by atoms with Crippen molar-refractivity contribution in [2.24, 2.45) is 5.41 Å². The molecular formula is C25H29N3O3. The van der Waals surface area contributed by atoms with Gasteiger partial charge in [0.25, 0.3) is 5.89 Å². The second kappa shape index (κ2) is 8.25. The third kappa shape index (κ3) is 4.53. The zero-order valence-corrected chi connectivity index (χ0v) is 18.7. The summed E-state index contributed by atoms with van der Waals surface area (Å²) in [5, 5.41) is 13.1. The zero-order chi connectivity index (χ0) is 22.2. The fraction of sp³-hybridized carbons (Fsp3) is 0.440. The second-order valence-electron chi connectivity index (χ2n) is 9.42. The van der Waals surface area contributed by atoms with E-state index in [1.807, 2.05) is 26.2 Å². The van der Waals surface area contributed by atoms with Gasteiger partial charge in [-0.1, -0.05) is 19.0 Å². The molecule has 0 radical (unpaired) electrons. The van der Waals surface area contributed by atoms with Gasteiger partial charge >= 0.3 is 5.97 Å². The quantitative estimate of drug-likeness (QED) is 0.580. The number of hydrogen-bond acceptors (Lipinski definition) is 5. The molecule has 0 spiro atoms. The molecule has 0 aliphatic heterocycles. The van der Waals surface area contributed by atoms with Crippen molar-refractivity contribution in [1.82, 2.24) is 15.1 Å². The average Bonchev–Trinajstić information content (AvgIpc) is 3.18. The van der Waals surface area contributed by atoms with Gasteiger partial charge in [-0.3, -0.25) is 9.78 Å². The van der Waals surface area contributed by atoms with Crippen molar-refractivity contribution in [3.05, 3.63) is 52.3 Å². The van der Waals surface area contributed by atoms with Crippen LogP contribution in [0.2, 0.25) is 0 Å². The number of aryl methyl sites for hydroxylation is 2. The van der Waals surface area contributed by atoms with Crippen LogP contribution in [0.3, 0.4) is 0 Å². The molecule has 0 saturated carbocycles. The van der Waals surface area contributed by atoms with Crippen molar-refractivity contribution in [1.29, 1.82) is 0 Å². The van der Waals surface area contributed by atoms with Crippen LogP contribution in [0, 0.1) is 19.3 Å². The number of nitrogens with zero attached hydrogens (tertiary/aromatic N) is 3. The molecule has 1 N–H and O–H groups in total. The molecule has 3 aromatic rings. The number of carbonyl (C=O) groups is 1. The van der Waals surface area contributed by atoms with Crippen molar-refractivity contribution in [2.75, 3.05) is 0 Å². The molecule has 31 heavy (non-hydrogen) atoms. The van der Waals surface area contributed by atoms with Crippen molar-refractivity contribution in [3.63, 3.8) is 0 Å². The van der Waals surface area contributed by atoms with Crippen LogP contribution in [0.1, 0.15) is 60.9 Å². The highest BCUT2D eigenvalue weighted by Gasteiger charge is 2.28. The molecule has 6 nitrogen and oxygen atoms in total. The van der Waals surface area contributed by atoms with E-state index in [0.717, 1.165) is 47.9 Å². The number of aromatic nitrogens is 3. The first-order valence-electron chi connectivity index (χ1n) is 10.9.